The predicted octanol–water partition coefficient (Wildman–Crippen LogP) is 12.7. The van der Waals surface area contributed by atoms with Crippen LogP contribution in [0.1, 0.15) is 143 Å². The number of amides is 4. The molecule has 0 unspecified atom stereocenters. The van der Waals surface area contributed by atoms with Gasteiger partial charge in [0.05, 0.1) is 27.8 Å². The minimum Gasteiger partial charge on any atom is -0.268 e. The van der Waals surface area contributed by atoms with Crippen molar-refractivity contribution in [1.82, 2.24) is 0 Å². The Hall–Kier alpha value is -4.56. The number of nitrogens with zero attached hydrogens (tertiary/aromatic N) is 2. The second-order valence-electron chi connectivity index (χ2n) is 15.1. The molecular formula is C45H42Cl2N2O4S. The molecule has 2 aliphatic heterocycles. The van der Waals surface area contributed by atoms with Crippen LogP contribution in [0, 0.1) is 0 Å². The molecule has 0 saturated heterocycles. The smallest absolute Gasteiger partial charge is 0.267 e. The summed E-state index contributed by atoms with van der Waals surface area (Å²) >= 11 is 11.0. The molecular weight excluding hydrogens is 735 g/mol. The summed E-state index contributed by atoms with van der Waals surface area (Å²) < 4.78 is 1.57. The molecule has 4 amide bonds. The molecule has 6 nitrogen and oxygen atoms in total. The Balaban J connectivity index is 0.00000145. The van der Waals surface area contributed by atoms with Crippen molar-refractivity contribution in [1.29, 1.82) is 0 Å². The highest BCUT2D eigenvalue weighted by Crippen LogP contribution is 2.51. The van der Waals surface area contributed by atoms with Crippen LogP contribution in [-0.4, -0.2) is 29.0 Å². The lowest BCUT2D eigenvalue weighted by Crippen LogP contribution is -2.44. The van der Waals surface area contributed by atoms with Crippen LogP contribution in [0.2, 0.25) is 0 Å². The molecule has 8 rings (SSSR count). The first kappa shape index (κ1) is 37.7. The van der Waals surface area contributed by atoms with E-state index in [1.807, 2.05) is 60.7 Å². The molecule has 0 N–H and O–H groups in total. The summed E-state index contributed by atoms with van der Waals surface area (Å²) in [5.41, 5.74) is 6.25. The van der Waals surface area contributed by atoms with Gasteiger partial charge in [-0.1, -0.05) is 110 Å². The summed E-state index contributed by atoms with van der Waals surface area (Å²) in [7, 11) is 0. The van der Waals surface area contributed by atoms with Gasteiger partial charge in [0.15, 0.2) is 0 Å². The van der Waals surface area contributed by atoms with Gasteiger partial charge in [-0.25, -0.2) is 9.80 Å². The van der Waals surface area contributed by atoms with E-state index in [1.165, 1.54) is 21.1 Å². The van der Waals surface area contributed by atoms with Crippen LogP contribution in [0.15, 0.2) is 72.8 Å². The van der Waals surface area contributed by atoms with Crippen LogP contribution in [0.4, 0.5) is 11.4 Å². The van der Waals surface area contributed by atoms with E-state index < -0.39 is 23.6 Å². The number of benzene rings is 5. The summed E-state index contributed by atoms with van der Waals surface area (Å²) in [5.74, 6) is -1.58. The lowest BCUT2D eigenvalue weighted by molar-refractivity contribution is 0.0874. The zero-order valence-electron chi connectivity index (χ0n) is 31.6. The van der Waals surface area contributed by atoms with Crippen LogP contribution in [-0.2, 0) is 0 Å². The number of imide groups is 2. The van der Waals surface area contributed by atoms with E-state index in [4.69, 9.17) is 23.2 Å². The number of hydrogen-bond acceptors (Lipinski definition) is 5. The number of fused-ring (bicyclic) bond motifs is 5. The first-order chi connectivity index (χ1) is 25.8. The van der Waals surface area contributed by atoms with Gasteiger partial charge in [0.25, 0.3) is 23.6 Å². The number of halogens is 2. The van der Waals surface area contributed by atoms with E-state index >= 15 is 9.59 Å². The molecule has 3 heterocycles. The zero-order valence-corrected chi connectivity index (χ0v) is 34.0. The quantitative estimate of drug-likeness (QED) is 0.125. The number of anilines is 2. The molecule has 0 saturated carbocycles. The van der Waals surface area contributed by atoms with Gasteiger partial charge >= 0.3 is 0 Å². The maximum Gasteiger partial charge on any atom is 0.267 e. The van der Waals surface area contributed by atoms with Crippen molar-refractivity contribution < 1.29 is 19.2 Å². The SMILES string of the molecule is CC(C)c1cccc(C(C)C)c1N1C(=O)c2ccc3c4c(c5c(sc6ccccc65)c(c24)C1=O)C(=O)N(c1c(C(C)C)cccc1C(C)C)C3=O.ClCCl. The van der Waals surface area contributed by atoms with Crippen LogP contribution in [0.5, 0.6) is 0 Å². The largest absolute Gasteiger partial charge is 0.268 e. The standard InChI is InChI=1S/C44H40N2O4S.CH2Cl2/c1-21(2)25-14-11-15-26(22(3)4)38(25)45-41(47)30-19-20-31-34-33(30)36(43(45)49)35-29-13-9-10-18-32(29)51-40(35)37(34)44(50)46(42(31)48)39-27(23(5)6)16-12-17-28(39)24(7)8;2-1-3/h9-24H,1-8H3;1H2. The average Bonchev–Trinajstić information content (AvgIpc) is 3.51. The van der Waals surface area contributed by atoms with Gasteiger partial charge in [0, 0.05) is 42.1 Å². The Morgan fingerprint density at radius 1 is 0.500 bits per heavy atom. The number of thiophene rings is 1. The summed E-state index contributed by atoms with van der Waals surface area (Å²) in [5, 5.41) is 2.47. The second kappa shape index (κ2) is 14.3. The molecule has 276 valence electrons. The topological polar surface area (TPSA) is 74.8 Å². The summed E-state index contributed by atoms with van der Waals surface area (Å²) in [6.45, 7) is 16.5. The number of alkyl halides is 2. The first-order valence-corrected chi connectivity index (χ1v) is 20.2. The highest BCUT2D eigenvalue weighted by atomic mass is 35.5. The lowest BCUT2D eigenvalue weighted by Gasteiger charge is -2.36. The Labute approximate surface area is 329 Å². The fraction of sp³-hybridized carbons (Fsp3) is 0.289. The highest BCUT2D eigenvalue weighted by molar-refractivity contribution is 7.26. The van der Waals surface area contributed by atoms with Gasteiger partial charge in [0.2, 0.25) is 0 Å². The molecule has 0 aliphatic carbocycles. The number of para-hydroxylation sites is 2. The molecule has 54 heavy (non-hydrogen) atoms. The predicted molar refractivity (Wildman–Crippen MR) is 225 cm³/mol. The molecule has 0 atom stereocenters. The van der Waals surface area contributed by atoms with Crippen LogP contribution >= 0.6 is 34.5 Å². The van der Waals surface area contributed by atoms with E-state index in [2.05, 4.69) is 55.4 Å². The summed E-state index contributed by atoms with van der Waals surface area (Å²) in [4.78, 5) is 62.9. The third kappa shape index (κ3) is 5.58. The van der Waals surface area contributed by atoms with Crippen molar-refractivity contribution in [3.05, 3.63) is 117 Å². The van der Waals surface area contributed by atoms with Gasteiger partial charge in [-0.3, -0.25) is 19.2 Å². The fourth-order valence-corrected chi connectivity index (χ4v) is 9.45. The van der Waals surface area contributed by atoms with Crippen molar-refractivity contribution in [3.8, 4) is 0 Å². The van der Waals surface area contributed by atoms with Gasteiger partial charge in [-0.2, -0.15) is 0 Å². The summed E-state index contributed by atoms with van der Waals surface area (Å²) in [6.07, 6.45) is 0. The average molecular weight is 778 g/mol. The fourth-order valence-electron chi connectivity index (χ4n) is 8.20. The van der Waals surface area contributed by atoms with E-state index in [1.54, 1.807) is 12.1 Å². The van der Waals surface area contributed by atoms with Crippen molar-refractivity contribution >= 4 is 100 Å². The van der Waals surface area contributed by atoms with E-state index in [0.717, 1.165) is 32.3 Å². The van der Waals surface area contributed by atoms with Crippen LogP contribution in [0.25, 0.3) is 30.9 Å². The Morgan fingerprint density at radius 3 is 1.31 bits per heavy atom. The molecule has 6 aromatic rings. The monoisotopic (exact) mass is 776 g/mol. The van der Waals surface area contributed by atoms with Gasteiger partial charge in [-0.15, -0.1) is 34.5 Å². The third-order valence-electron chi connectivity index (χ3n) is 10.6. The Kier molecular flexibility index (Phi) is 9.97. The van der Waals surface area contributed by atoms with E-state index in [-0.39, 0.29) is 29.0 Å². The molecule has 1 aromatic heterocycles. The minimum atomic E-state index is -0.450. The minimum absolute atomic E-state index is 0.0451. The molecule has 5 aromatic carbocycles. The Bertz CT molecular complexity index is 2510. The molecule has 0 bridgehead atoms. The van der Waals surface area contributed by atoms with Gasteiger partial charge < -0.3 is 0 Å². The number of carbonyl (C=O) groups is 4. The lowest BCUT2D eigenvalue weighted by atomic mass is 9.82. The van der Waals surface area contributed by atoms with Crippen molar-refractivity contribution in [2.24, 2.45) is 0 Å². The number of carbonyl (C=O) groups excluding carboxylic acids is 4. The molecule has 2 aliphatic rings. The van der Waals surface area contributed by atoms with Crippen molar-refractivity contribution in [2.75, 3.05) is 15.1 Å². The third-order valence-corrected chi connectivity index (χ3v) is 11.8. The van der Waals surface area contributed by atoms with Gasteiger partial charge in [0.1, 0.15) is 0 Å². The highest BCUT2D eigenvalue weighted by Gasteiger charge is 2.45. The number of hydrogen-bond donors (Lipinski definition) is 0. The molecule has 9 heteroatoms. The van der Waals surface area contributed by atoms with Crippen LogP contribution < -0.4 is 9.80 Å². The maximum atomic E-state index is 15.3. The summed E-state index contributed by atoms with van der Waals surface area (Å²) in [6, 6.07) is 23.2. The van der Waals surface area contributed by atoms with E-state index in [9.17, 15) is 9.59 Å². The van der Waals surface area contributed by atoms with Gasteiger partial charge in [-0.05, 0) is 64.1 Å². The van der Waals surface area contributed by atoms with Crippen molar-refractivity contribution in [3.63, 3.8) is 0 Å². The second-order valence-corrected chi connectivity index (χ2v) is 17.0. The normalized spacial score (nSPS) is 14.2. The molecule has 0 radical (unpaired) electrons. The molecule has 0 spiro atoms. The zero-order chi connectivity index (χ0) is 38.9. The maximum absolute atomic E-state index is 15.3. The number of rotatable bonds is 6. The first-order valence-electron chi connectivity index (χ1n) is 18.4. The van der Waals surface area contributed by atoms with Crippen molar-refractivity contribution in [2.45, 2.75) is 79.1 Å². The Morgan fingerprint density at radius 2 is 0.889 bits per heavy atom. The van der Waals surface area contributed by atoms with Crippen LogP contribution in [0.3, 0.4) is 0 Å². The van der Waals surface area contributed by atoms with E-state index in [0.29, 0.717) is 54.5 Å². The molecule has 0 fully saturated rings.